The maximum Gasteiger partial charge on any atom is 0.323 e. The van der Waals surface area contributed by atoms with Crippen molar-refractivity contribution in [3.8, 4) is 0 Å². The van der Waals surface area contributed by atoms with Gasteiger partial charge in [0.05, 0.1) is 0 Å². The van der Waals surface area contributed by atoms with E-state index in [2.05, 4.69) is 30.6 Å². The number of esters is 1. The number of piperazine rings is 1. The maximum absolute atomic E-state index is 12.1. The van der Waals surface area contributed by atoms with Crippen LogP contribution in [0.25, 0.3) is 0 Å². The van der Waals surface area contributed by atoms with E-state index in [1.807, 2.05) is 27.7 Å². The molecule has 1 saturated heterocycles. The predicted molar refractivity (Wildman–Crippen MR) is 78.2 cm³/mol. The van der Waals surface area contributed by atoms with Gasteiger partial charge in [-0.15, -0.1) is 0 Å². The van der Waals surface area contributed by atoms with Gasteiger partial charge in [0.25, 0.3) is 0 Å². The molecule has 1 aliphatic rings. The van der Waals surface area contributed by atoms with Gasteiger partial charge in [0.2, 0.25) is 0 Å². The summed E-state index contributed by atoms with van der Waals surface area (Å²) in [4.78, 5) is 16.7. The van der Waals surface area contributed by atoms with E-state index >= 15 is 0 Å². The Morgan fingerprint density at radius 1 is 1.00 bits per heavy atom. The van der Waals surface area contributed by atoms with E-state index in [0.29, 0.717) is 0 Å². The van der Waals surface area contributed by atoms with E-state index in [4.69, 9.17) is 4.74 Å². The quantitative estimate of drug-likeness (QED) is 0.720. The fourth-order valence-corrected chi connectivity index (χ4v) is 2.32. The van der Waals surface area contributed by atoms with Crippen molar-refractivity contribution in [2.45, 2.75) is 65.6 Å². The van der Waals surface area contributed by atoms with Crippen LogP contribution in [-0.2, 0) is 9.53 Å². The van der Waals surface area contributed by atoms with Gasteiger partial charge in [0.1, 0.15) is 11.6 Å². The lowest BCUT2D eigenvalue weighted by Crippen LogP contribution is -2.56. The third-order valence-corrected chi connectivity index (χ3v) is 3.56. The standard InChI is InChI=1S/C15H30N2O2/c1-12(13(18)19-15(5,6)7)16-8-10-17(11-9-16)14(2,3)4/h12H,8-11H2,1-7H3. The van der Waals surface area contributed by atoms with E-state index in [9.17, 15) is 4.79 Å². The van der Waals surface area contributed by atoms with Crippen LogP contribution in [0.1, 0.15) is 48.5 Å². The molecular weight excluding hydrogens is 240 g/mol. The fraction of sp³-hybridized carbons (Fsp3) is 0.933. The molecule has 1 fully saturated rings. The predicted octanol–water partition coefficient (Wildman–Crippen LogP) is 2.13. The van der Waals surface area contributed by atoms with Gasteiger partial charge in [-0.3, -0.25) is 14.6 Å². The third kappa shape index (κ3) is 5.11. The van der Waals surface area contributed by atoms with Crippen molar-refractivity contribution >= 4 is 5.97 Å². The molecule has 1 aliphatic heterocycles. The van der Waals surface area contributed by atoms with Crippen molar-refractivity contribution in [3.05, 3.63) is 0 Å². The van der Waals surface area contributed by atoms with Gasteiger partial charge < -0.3 is 4.74 Å². The number of rotatable bonds is 2. The summed E-state index contributed by atoms with van der Waals surface area (Å²) < 4.78 is 5.45. The van der Waals surface area contributed by atoms with E-state index < -0.39 is 5.60 Å². The molecule has 0 saturated carbocycles. The molecule has 0 amide bonds. The Bertz CT molecular complexity index is 307. The van der Waals surface area contributed by atoms with Crippen molar-refractivity contribution in [2.75, 3.05) is 26.2 Å². The molecule has 0 aromatic rings. The molecular formula is C15H30N2O2. The summed E-state index contributed by atoms with van der Waals surface area (Å²) in [6.45, 7) is 18.3. The minimum atomic E-state index is -0.404. The number of carbonyl (C=O) groups excluding carboxylic acids is 1. The zero-order valence-corrected chi connectivity index (χ0v) is 13.6. The van der Waals surface area contributed by atoms with Gasteiger partial charge in [0.15, 0.2) is 0 Å². The first-order valence-corrected chi connectivity index (χ1v) is 7.23. The molecule has 4 heteroatoms. The van der Waals surface area contributed by atoms with E-state index in [1.54, 1.807) is 0 Å². The summed E-state index contributed by atoms with van der Waals surface area (Å²) in [7, 11) is 0. The van der Waals surface area contributed by atoms with Gasteiger partial charge in [-0.1, -0.05) is 0 Å². The molecule has 1 atom stereocenters. The molecule has 0 N–H and O–H groups in total. The molecule has 0 radical (unpaired) electrons. The van der Waals surface area contributed by atoms with Crippen LogP contribution in [0.2, 0.25) is 0 Å². The number of ether oxygens (including phenoxy) is 1. The molecule has 0 aromatic heterocycles. The Morgan fingerprint density at radius 2 is 1.47 bits per heavy atom. The smallest absolute Gasteiger partial charge is 0.323 e. The van der Waals surface area contributed by atoms with Crippen molar-refractivity contribution in [3.63, 3.8) is 0 Å². The topological polar surface area (TPSA) is 32.8 Å². The zero-order chi connectivity index (χ0) is 14.8. The Morgan fingerprint density at radius 3 is 1.84 bits per heavy atom. The third-order valence-electron chi connectivity index (χ3n) is 3.56. The number of carbonyl (C=O) groups is 1. The maximum atomic E-state index is 12.1. The van der Waals surface area contributed by atoms with Crippen molar-refractivity contribution in [1.29, 1.82) is 0 Å². The summed E-state index contributed by atoms with van der Waals surface area (Å²) in [5.74, 6) is -0.114. The molecule has 0 spiro atoms. The fourth-order valence-electron chi connectivity index (χ4n) is 2.32. The largest absolute Gasteiger partial charge is 0.459 e. The Hall–Kier alpha value is -0.610. The Kier molecular flexibility index (Phi) is 5.02. The van der Waals surface area contributed by atoms with Crippen LogP contribution >= 0.6 is 0 Å². The number of hydrogen-bond acceptors (Lipinski definition) is 4. The summed E-state index contributed by atoms with van der Waals surface area (Å²) in [6.07, 6.45) is 0. The Balaban J connectivity index is 2.49. The van der Waals surface area contributed by atoms with Crippen molar-refractivity contribution in [1.82, 2.24) is 9.80 Å². The number of nitrogens with zero attached hydrogens (tertiary/aromatic N) is 2. The highest BCUT2D eigenvalue weighted by Gasteiger charge is 2.31. The van der Waals surface area contributed by atoms with E-state index in [0.717, 1.165) is 26.2 Å². The first kappa shape index (κ1) is 16.4. The summed E-state index contributed by atoms with van der Waals surface area (Å²) in [6, 6.07) is -0.152. The molecule has 1 unspecified atom stereocenters. The van der Waals surface area contributed by atoms with Gasteiger partial charge in [0, 0.05) is 31.7 Å². The van der Waals surface area contributed by atoms with Gasteiger partial charge >= 0.3 is 5.97 Å². The van der Waals surface area contributed by atoms with Crippen LogP contribution in [0.5, 0.6) is 0 Å². The first-order valence-electron chi connectivity index (χ1n) is 7.23. The van der Waals surface area contributed by atoms with Gasteiger partial charge in [-0.25, -0.2) is 0 Å². The molecule has 1 heterocycles. The van der Waals surface area contributed by atoms with E-state index in [-0.39, 0.29) is 17.6 Å². The van der Waals surface area contributed by atoms with Crippen LogP contribution in [-0.4, -0.2) is 59.1 Å². The lowest BCUT2D eigenvalue weighted by atomic mass is 10.0. The molecule has 112 valence electrons. The highest BCUT2D eigenvalue weighted by molar-refractivity contribution is 5.75. The van der Waals surface area contributed by atoms with E-state index in [1.165, 1.54) is 0 Å². The van der Waals surface area contributed by atoms with Crippen LogP contribution in [0.4, 0.5) is 0 Å². The monoisotopic (exact) mass is 270 g/mol. The molecule has 0 aromatic carbocycles. The Labute approximate surface area is 118 Å². The minimum absolute atomic E-state index is 0.114. The van der Waals surface area contributed by atoms with Gasteiger partial charge in [-0.05, 0) is 48.5 Å². The van der Waals surface area contributed by atoms with Gasteiger partial charge in [-0.2, -0.15) is 0 Å². The lowest BCUT2D eigenvalue weighted by Gasteiger charge is -2.43. The SMILES string of the molecule is CC(C(=O)OC(C)(C)C)N1CCN(C(C)(C)C)CC1. The average molecular weight is 270 g/mol. The second kappa shape index (κ2) is 5.80. The van der Waals surface area contributed by atoms with Crippen molar-refractivity contribution in [2.24, 2.45) is 0 Å². The number of hydrogen-bond donors (Lipinski definition) is 0. The first-order chi connectivity index (χ1) is 8.50. The summed E-state index contributed by atoms with van der Waals surface area (Å²) >= 11 is 0. The summed E-state index contributed by atoms with van der Waals surface area (Å²) in [5, 5.41) is 0. The minimum Gasteiger partial charge on any atom is -0.459 e. The molecule has 1 rings (SSSR count). The molecule has 4 nitrogen and oxygen atoms in total. The highest BCUT2D eigenvalue weighted by atomic mass is 16.6. The second-order valence-corrected chi connectivity index (χ2v) is 7.40. The molecule has 0 bridgehead atoms. The average Bonchev–Trinajstić information content (AvgIpc) is 2.24. The van der Waals surface area contributed by atoms with Crippen LogP contribution < -0.4 is 0 Å². The zero-order valence-electron chi connectivity index (χ0n) is 13.6. The molecule has 19 heavy (non-hydrogen) atoms. The van der Waals surface area contributed by atoms with Crippen LogP contribution in [0, 0.1) is 0 Å². The van der Waals surface area contributed by atoms with Crippen molar-refractivity contribution < 1.29 is 9.53 Å². The van der Waals surface area contributed by atoms with Crippen LogP contribution in [0.3, 0.4) is 0 Å². The lowest BCUT2D eigenvalue weighted by molar-refractivity contribution is -0.161. The second-order valence-electron chi connectivity index (χ2n) is 7.40. The van der Waals surface area contributed by atoms with Crippen LogP contribution in [0.15, 0.2) is 0 Å². The highest BCUT2D eigenvalue weighted by Crippen LogP contribution is 2.18. The summed E-state index contributed by atoms with van der Waals surface area (Å²) in [5.41, 5.74) is -0.195. The molecule has 0 aliphatic carbocycles. The normalized spacial score (nSPS) is 21.2.